The third-order valence-electron chi connectivity index (χ3n) is 3.92. The number of nitrogens with two attached hydrogens (primary N) is 1. The Morgan fingerprint density at radius 1 is 1.19 bits per heavy atom. The minimum atomic E-state index is -0.433. The molecule has 2 heterocycles. The average Bonchev–Trinajstić information content (AvgIpc) is 2.55. The molecule has 114 valence electrons. The molecule has 2 saturated heterocycles. The number of anilines is 2. The van der Waals surface area contributed by atoms with Crippen LogP contribution in [-0.2, 0) is 14.3 Å². The molecular weight excluding hydrogens is 270 g/mol. The molecule has 0 aliphatic carbocycles. The van der Waals surface area contributed by atoms with Gasteiger partial charge in [-0.3, -0.25) is 4.79 Å². The predicted molar refractivity (Wildman–Crippen MR) is 80.2 cm³/mol. The number of benzene rings is 1. The molecule has 0 spiro atoms. The average molecular weight is 291 g/mol. The molecule has 2 fully saturated rings. The number of rotatable bonds is 2. The molecule has 21 heavy (non-hydrogen) atoms. The summed E-state index contributed by atoms with van der Waals surface area (Å²) in [5, 5.41) is 0. The monoisotopic (exact) mass is 291 g/mol. The summed E-state index contributed by atoms with van der Waals surface area (Å²) < 4.78 is 10.8. The van der Waals surface area contributed by atoms with Gasteiger partial charge in [-0.05, 0) is 18.2 Å². The quantitative estimate of drug-likeness (QED) is 0.796. The van der Waals surface area contributed by atoms with Crippen LogP contribution in [-0.4, -0.2) is 62.9 Å². The summed E-state index contributed by atoms with van der Waals surface area (Å²) >= 11 is 0. The van der Waals surface area contributed by atoms with Gasteiger partial charge in [0.2, 0.25) is 0 Å². The Kier molecular flexibility index (Phi) is 4.26. The van der Waals surface area contributed by atoms with Crippen LogP contribution in [0.2, 0.25) is 0 Å². The Bertz CT molecular complexity index is 495. The Balaban J connectivity index is 1.56. The first-order chi connectivity index (χ1) is 10.2. The maximum absolute atomic E-state index is 12.3. The van der Waals surface area contributed by atoms with Crippen molar-refractivity contribution in [3.05, 3.63) is 24.3 Å². The zero-order valence-electron chi connectivity index (χ0n) is 12.0. The van der Waals surface area contributed by atoms with Crippen molar-refractivity contribution in [2.24, 2.45) is 0 Å². The minimum Gasteiger partial charge on any atom is -0.399 e. The molecule has 1 aromatic carbocycles. The molecular formula is C15H21N3O3. The second-order valence-electron chi connectivity index (χ2n) is 5.34. The Labute approximate surface area is 124 Å². The smallest absolute Gasteiger partial charge is 0.254 e. The van der Waals surface area contributed by atoms with Crippen LogP contribution in [0.1, 0.15) is 0 Å². The van der Waals surface area contributed by atoms with Crippen LogP contribution < -0.4 is 10.6 Å². The molecule has 1 atom stereocenters. The number of hydrogen-bond acceptors (Lipinski definition) is 5. The fourth-order valence-corrected chi connectivity index (χ4v) is 2.74. The lowest BCUT2D eigenvalue weighted by Gasteiger charge is -2.38. The highest BCUT2D eigenvalue weighted by Crippen LogP contribution is 2.19. The first kappa shape index (κ1) is 14.2. The summed E-state index contributed by atoms with van der Waals surface area (Å²) in [5.41, 5.74) is 7.69. The van der Waals surface area contributed by atoms with Crippen LogP contribution in [0.15, 0.2) is 24.3 Å². The van der Waals surface area contributed by atoms with Crippen LogP contribution in [0.4, 0.5) is 11.4 Å². The number of amides is 1. The second kappa shape index (κ2) is 6.32. The van der Waals surface area contributed by atoms with Crippen LogP contribution in [0.3, 0.4) is 0 Å². The Hall–Kier alpha value is -1.79. The van der Waals surface area contributed by atoms with Gasteiger partial charge in [0.1, 0.15) is 0 Å². The summed E-state index contributed by atoms with van der Waals surface area (Å²) in [5.74, 6) is 0.0434. The normalized spacial score (nSPS) is 23.1. The van der Waals surface area contributed by atoms with Gasteiger partial charge in [-0.15, -0.1) is 0 Å². The molecule has 1 aromatic rings. The van der Waals surface area contributed by atoms with Crippen molar-refractivity contribution in [1.29, 1.82) is 0 Å². The molecule has 1 unspecified atom stereocenters. The van der Waals surface area contributed by atoms with Gasteiger partial charge in [-0.1, -0.05) is 6.07 Å². The first-order valence-electron chi connectivity index (χ1n) is 7.32. The van der Waals surface area contributed by atoms with Gasteiger partial charge in [-0.2, -0.15) is 0 Å². The largest absolute Gasteiger partial charge is 0.399 e. The number of ether oxygens (including phenoxy) is 2. The molecule has 1 amide bonds. The van der Waals surface area contributed by atoms with Gasteiger partial charge in [0.05, 0.1) is 19.8 Å². The highest BCUT2D eigenvalue weighted by Gasteiger charge is 2.29. The standard InChI is InChI=1S/C15H21N3O3/c16-12-2-1-3-13(10-12)17-4-6-18(7-5-17)15(19)14-11-20-8-9-21-14/h1-3,10,14H,4-9,11,16H2. The van der Waals surface area contributed by atoms with Crippen molar-refractivity contribution in [2.45, 2.75) is 6.10 Å². The highest BCUT2D eigenvalue weighted by atomic mass is 16.6. The van der Waals surface area contributed by atoms with E-state index in [1.165, 1.54) is 0 Å². The molecule has 2 aliphatic heterocycles. The van der Waals surface area contributed by atoms with Crippen molar-refractivity contribution >= 4 is 17.3 Å². The molecule has 6 nitrogen and oxygen atoms in total. The Morgan fingerprint density at radius 2 is 2.00 bits per heavy atom. The first-order valence-corrected chi connectivity index (χ1v) is 7.32. The lowest BCUT2D eigenvalue weighted by atomic mass is 10.2. The van der Waals surface area contributed by atoms with Gasteiger partial charge < -0.3 is 25.0 Å². The van der Waals surface area contributed by atoms with Crippen molar-refractivity contribution < 1.29 is 14.3 Å². The fourth-order valence-electron chi connectivity index (χ4n) is 2.74. The van der Waals surface area contributed by atoms with E-state index in [4.69, 9.17) is 15.2 Å². The molecule has 6 heteroatoms. The number of piperazine rings is 1. The van der Waals surface area contributed by atoms with Gasteiger partial charge >= 0.3 is 0 Å². The van der Waals surface area contributed by atoms with Crippen molar-refractivity contribution in [2.75, 3.05) is 56.6 Å². The van der Waals surface area contributed by atoms with Crippen molar-refractivity contribution in [3.63, 3.8) is 0 Å². The zero-order valence-corrected chi connectivity index (χ0v) is 12.0. The zero-order chi connectivity index (χ0) is 14.7. The third kappa shape index (κ3) is 3.28. The highest BCUT2D eigenvalue weighted by molar-refractivity contribution is 5.81. The number of nitrogen functional groups attached to an aromatic ring is 1. The summed E-state index contributed by atoms with van der Waals surface area (Å²) in [6.45, 7) is 4.47. The maximum Gasteiger partial charge on any atom is 0.254 e. The fraction of sp³-hybridized carbons (Fsp3) is 0.533. The van der Waals surface area contributed by atoms with Gasteiger partial charge in [0.25, 0.3) is 5.91 Å². The van der Waals surface area contributed by atoms with Crippen LogP contribution in [0.25, 0.3) is 0 Å². The number of carbonyl (C=O) groups is 1. The van der Waals surface area contributed by atoms with E-state index in [0.29, 0.717) is 32.9 Å². The SMILES string of the molecule is Nc1cccc(N2CCN(C(=O)C3COCCO3)CC2)c1. The van der Waals surface area contributed by atoms with Crippen LogP contribution in [0, 0.1) is 0 Å². The molecule has 0 saturated carbocycles. The van der Waals surface area contributed by atoms with E-state index in [-0.39, 0.29) is 5.91 Å². The van der Waals surface area contributed by atoms with E-state index in [2.05, 4.69) is 4.90 Å². The molecule has 0 bridgehead atoms. The van der Waals surface area contributed by atoms with E-state index in [1.54, 1.807) is 0 Å². The number of carbonyl (C=O) groups excluding carboxylic acids is 1. The molecule has 0 aromatic heterocycles. The van der Waals surface area contributed by atoms with Crippen LogP contribution in [0.5, 0.6) is 0 Å². The third-order valence-corrected chi connectivity index (χ3v) is 3.92. The topological polar surface area (TPSA) is 68.0 Å². The van der Waals surface area contributed by atoms with E-state index in [9.17, 15) is 4.79 Å². The number of hydrogen-bond donors (Lipinski definition) is 1. The van der Waals surface area contributed by atoms with Gasteiger partial charge in [-0.25, -0.2) is 0 Å². The molecule has 3 rings (SSSR count). The Morgan fingerprint density at radius 3 is 2.67 bits per heavy atom. The summed E-state index contributed by atoms with van der Waals surface area (Å²) in [7, 11) is 0. The molecule has 0 radical (unpaired) electrons. The second-order valence-corrected chi connectivity index (χ2v) is 5.34. The predicted octanol–water partition coefficient (Wildman–Crippen LogP) is 0.333. The van der Waals surface area contributed by atoms with E-state index in [0.717, 1.165) is 24.5 Å². The minimum absolute atomic E-state index is 0.0434. The lowest BCUT2D eigenvalue weighted by molar-refractivity contribution is -0.158. The van der Waals surface area contributed by atoms with Gasteiger partial charge in [0.15, 0.2) is 6.10 Å². The lowest BCUT2D eigenvalue weighted by Crippen LogP contribution is -2.53. The number of nitrogens with zero attached hydrogens (tertiary/aromatic N) is 2. The maximum atomic E-state index is 12.3. The summed E-state index contributed by atoms with van der Waals surface area (Å²) in [6, 6.07) is 7.85. The van der Waals surface area contributed by atoms with Crippen molar-refractivity contribution in [1.82, 2.24) is 4.90 Å². The summed E-state index contributed by atoms with van der Waals surface area (Å²) in [4.78, 5) is 16.4. The molecule has 2 N–H and O–H groups in total. The van der Waals surface area contributed by atoms with E-state index < -0.39 is 6.10 Å². The summed E-state index contributed by atoms with van der Waals surface area (Å²) in [6.07, 6.45) is -0.433. The van der Waals surface area contributed by atoms with E-state index >= 15 is 0 Å². The van der Waals surface area contributed by atoms with Crippen molar-refractivity contribution in [3.8, 4) is 0 Å². The van der Waals surface area contributed by atoms with Gasteiger partial charge in [0, 0.05) is 37.6 Å². The van der Waals surface area contributed by atoms with Crippen LogP contribution >= 0.6 is 0 Å². The van der Waals surface area contributed by atoms with E-state index in [1.807, 2.05) is 29.2 Å². The molecule has 2 aliphatic rings.